The van der Waals surface area contributed by atoms with E-state index in [9.17, 15) is 0 Å². The lowest BCUT2D eigenvalue weighted by atomic mass is 9.94. The van der Waals surface area contributed by atoms with Gasteiger partial charge in [-0.2, -0.15) is 26.7 Å². The molecule has 1 rings (SSSR count). The van der Waals surface area contributed by atoms with Gasteiger partial charge in [-0.1, -0.05) is 20.8 Å². The summed E-state index contributed by atoms with van der Waals surface area (Å²) >= 11 is 1.79. The summed E-state index contributed by atoms with van der Waals surface area (Å²) in [6.45, 7) is 6.69. The third-order valence-electron chi connectivity index (χ3n) is 1.94. The fourth-order valence-electron chi connectivity index (χ4n) is 1.06. The number of nitrogen functional groups attached to an aromatic ring is 2. The van der Waals surface area contributed by atoms with Crippen molar-refractivity contribution in [3.63, 3.8) is 0 Å². The molecule has 0 radical (unpaired) electrons. The molecular formula is C10H19N5S. The van der Waals surface area contributed by atoms with Crippen LogP contribution in [0.2, 0.25) is 0 Å². The number of nitrogens with zero attached hydrogens (tertiary/aromatic N) is 3. The van der Waals surface area contributed by atoms with Crippen LogP contribution < -0.4 is 11.5 Å². The minimum atomic E-state index is 0.193. The Morgan fingerprint density at radius 1 is 1.06 bits per heavy atom. The summed E-state index contributed by atoms with van der Waals surface area (Å²) in [4.78, 5) is 11.8. The minimum Gasteiger partial charge on any atom is -0.368 e. The standard InChI is InChI=1S/C10H19N5S/c1-10(2,3)4-5-16-6-7-13-8(11)15-9(12)14-7/h4-6H2,1-3H3,(H4,11,12,13,14,15). The summed E-state index contributed by atoms with van der Waals surface area (Å²) in [5.74, 6) is 2.85. The topological polar surface area (TPSA) is 90.7 Å². The molecule has 0 aliphatic carbocycles. The lowest BCUT2D eigenvalue weighted by Gasteiger charge is -2.16. The Hall–Kier alpha value is -1.04. The molecule has 0 saturated carbocycles. The van der Waals surface area contributed by atoms with Gasteiger partial charge in [0.25, 0.3) is 0 Å². The molecule has 0 aliphatic rings. The summed E-state index contributed by atoms with van der Waals surface area (Å²) in [6.07, 6.45) is 1.16. The quantitative estimate of drug-likeness (QED) is 0.780. The van der Waals surface area contributed by atoms with Gasteiger partial charge < -0.3 is 11.5 Å². The maximum atomic E-state index is 5.48. The monoisotopic (exact) mass is 241 g/mol. The third-order valence-corrected chi connectivity index (χ3v) is 2.90. The minimum absolute atomic E-state index is 0.193. The zero-order valence-corrected chi connectivity index (χ0v) is 10.8. The average molecular weight is 241 g/mol. The van der Waals surface area contributed by atoms with Crippen molar-refractivity contribution < 1.29 is 0 Å². The predicted octanol–water partition coefficient (Wildman–Crippen LogP) is 1.71. The van der Waals surface area contributed by atoms with Crippen molar-refractivity contribution in [1.29, 1.82) is 0 Å². The van der Waals surface area contributed by atoms with Crippen molar-refractivity contribution in [2.75, 3.05) is 17.2 Å². The normalized spacial score (nSPS) is 11.7. The molecule has 0 unspecified atom stereocenters. The summed E-state index contributed by atoms with van der Waals surface area (Å²) in [5, 5.41) is 0. The number of nitrogens with two attached hydrogens (primary N) is 2. The first-order valence-electron chi connectivity index (χ1n) is 5.20. The van der Waals surface area contributed by atoms with Gasteiger partial charge >= 0.3 is 0 Å². The smallest absolute Gasteiger partial charge is 0.225 e. The Labute approximate surface area is 100 Å². The van der Waals surface area contributed by atoms with Crippen molar-refractivity contribution in [3.05, 3.63) is 5.82 Å². The highest BCUT2D eigenvalue weighted by Crippen LogP contribution is 2.22. The molecule has 1 heterocycles. The Kier molecular flexibility index (Phi) is 4.35. The van der Waals surface area contributed by atoms with Crippen LogP contribution in [0, 0.1) is 5.41 Å². The van der Waals surface area contributed by atoms with E-state index in [1.165, 1.54) is 0 Å². The van der Waals surface area contributed by atoms with Crippen LogP contribution in [0.5, 0.6) is 0 Å². The van der Waals surface area contributed by atoms with Gasteiger partial charge in [-0.05, 0) is 17.6 Å². The Bertz CT molecular complexity index is 327. The second-order valence-corrected chi connectivity index (χ2v) is 5.94. The number of aromatic nitrogens is 3. The lowest BCUT2D eigenvalue weighted by molar-refractivity contribution is 0.401. The molecule has 0 aliphatic heterocycles. The zero-order chi connectivity index (χ0) is 12.2. The first-order chi connectivity index (χ1) is 7.37. The summed E-state index contributed by atoms with van der Waals surface area (Å²) in [7, 11) is 0. The summed E-state index contributed by atoms with van der Waals surface area (Å²) in [6, 6.07) is 0. The number of hydrogen-bond donors (Lipinski definition) is 2. The zero-order valence-electron chi connectivity index (χ0n) is 10.0. The number of thioether (sulfide) groups is 1. The first kappa shape index (κ1) is 13.0. The van der Waals surface area contributed by atoms with E-state index in [1.807, 2.05) is 0 Å². The Morgan fingerprint density at radius 3 is 2.12 bits per heavy atom. The molecule has 0 spiro atoms. The van der Waals surface area contributed by atoms with Crippen molar-refractivity contribution in [2.45, 2.75) is 32.9 Å². The molecule has 4 N–H and O–H groups in total. The molecule has 16 heavy (non-hydrogen) atoms. The van der Waals surface area contributed by atoms with E-state index in [1.54, 1.807) is 11.8 Å². The van der Waals surface area contributed by atoms with Crippen LogP contribution in [-0.2, 0) is 5.75 Å². The van der Waals surface area contributed by atoms with E-state index < -0.39 is 0 Å². The number of hydrogen-bond acceptors (Lipinski definition) is 6. The summed E-state index contributed by atoms with van der Waals surface area (Å²) < 4.78 is 0. The summed E-state index contributed by atoms with van der Waals surface area (Å²) in [5.41, 5.74) is 11.3. The highest BCUT2D eigenvalue weighted by molar-refractivity contribution is 7.98. The largest absolute Gasteiger partial charge is 0.368 e. The molecule has 0 saturated heterocycles. The maximum Gasteiger partial charge on any atom is 0.225 e. The van der Waals surface area contributed by atoms with Crippen LogP contribution in [0.25, 0.3) is 0 Å². The molecular weight excluding hydrogens is 222 g/mol. The molecule has 6 heteroatoms. The fourth-order valence-corrected chi connectivity index (χ4v) is 2.28. The molecule has 0 fully saturated rings. The van der Waals surface area contributed by atoms with Crippen molar-refractivity contribution in [1.82, 2.24) is 15.0 Å². The third kappa shape index (κ3) is 5.16. The molecule has 1 aromatic heterocycles. The van der Waals surface area contributed by atoms with E-state index in [0.717, 1.165) is 17.9 Å². The van der Waals surface area contributed by atoms with E-state index in [0.29, 0.717) is 11.2 Å². The molecule has 0 bridgehead atoms. The van der Waals surface area contributed by atoms with Gasteiger partial charge in [0.2, 0.25) is 11.9 Å². The van der Waals surface area contributed by atoms with Crippen molar-refractivity contribution in [2.24, 2.45) is 5.41 Å². The second-order valence-electron chi connectivity index (χ2n) is 4.83. The SMILES string of the molecule is CC(C)(C)CCSCc1nc(N)nc(N)n1. The van der Waals surface area contributed by atoms with E-state index in [4.69, 9.17) is 11.5 Å². The van der Waals surface area contributed by atoms with E-state index in [-0.39, 0.29) is 11.9 Å². The van der Waals surface area contributed by atoms with Gasteiger partial charge in [-0.15, -0.1) is 0 Å². The van der Waals surface area contributed by atoms with Gasteiger partial charge in [-0.25, -0.2) is 0 Å². The highest BCUT2D eigenvalue weighted by atomic mass is 32.2. The van der Waals surface area contributed by atoms with Crippen LogP contribution in [-0.4, -0.2) is 20.7 Å². The number of anilines is 2. The maximum absolute atomic E-state index is 5.48. The Balaban J connectivity index is 2.37. The van der Waals surface area contributed by atoms with Gasteiger partial charge in [0, 0.05) is 0 Å². The Morgan fingerprint density at radius 2 is 1.62 bits per heavy atom. The van der Waals surface area contributed by atoms with Gasteiger partial charge in [0.05, 0.1) is 5.75 Å². The highest BCUT2D eigenvalue weighted by Gasteiger charge is 2.09. The first-order valence-corrected chi connectivity index (χ1v) is 6.36. The molecule has 1 aromatic rings. The van der Waals surface area contributed by atoms with E-state index >= 15 is 0 Å². The van der Waals surface area contributed by atoms with Gasteiger partial charge in [0.1, 0.15) is 5.82 Å². The predicted molar refractivity (Wildman–Crippen MR) is 68.9 cm³/mol. The number of rotatable bonds is 4. The van der Waals surface area contributed by atoms with E-state index in [2.05, 4.69) is 35.7 Å². The second kappa shape index (κ2) is 5.34. The average Bonchev–Trinajstić information content (AvgIpc) is 2.09. The molecule has 0 atom stereocenters. The fraction of sp³-hybridized carbons (Fsp3) is 0.700. The molecule has 90 valence electrons. The van der Waals surface area contributed by atoms with Crippen LogP contribution in [0.1, 0.15) is 33.0 Å². The van der Waals surface area contributed by atoms with Crippen LogP contribution in [0.15, 0.2) is 0 Å². The van der Waals surface area contributed by atoms with Crippen LogP contribution in [0.3, 0.4) is 0 Å². The lowest BCUT2D eigenvalue weighted by Crippen LogP contribution is -2.08. The van der Waals surface area contributed by atoms with Gasteiger partial charge in [0.15, 0.2) is 0 Å². The molecule has 0 amide bonds. The molecule has 5 nitrogen and oxygen atoms in total. The van der Waals surface area contributed by atoms with Crippen LogP contribution in [0.4, 0.5) is 11.9 Å². The van der Waals surface area contributed by atoms with Gasteiger partial charge in [-0.3, -0.25) is 0 Å². The van der Waals surface area contributed by atoms with Crippen LogP contribution >= 0.6 is 11.8 Å². The molecule has 0 aromatic carbocycles. The van der Waals surface area contributed by atoms with Crippen molar-refractivity contribution >= 4 is 23.7 Å². The van der Waals surface area contributed by atoms with Crippen molar-refractivity contribution in [3.8, 4) is 0 Å².